The van der Waals surface area contributed by atoms with Crippen molar-refractivity contribution in [2.45, 2.75) is 52.6 Å². The number of carboxylic acids is 1. The number of carbonyl (C=O) groups is 1. The SMILES string of the molecule is Cc1c(-c2cc(C(=O)O)c3c(O[C@@H]4CCCC[C@@H]4C)ccc(C)c3n2)sc2ccccc12. The molecular formula is C27H27NO3S. The molecule has 0 bridgehead atoms. The lowest BCUT2D eigenvalue weighted by atomic mass is 9.88. The quantitative estimate of drug-likeness (QED) is 0.356. The first-order valence-corrected chi connectivity index (χ1v) is 12.1. The number of aryl methyl sites for hydroxylation is 2. The zero-order chi connectivity index (χ0) is 22.4. The number of rotatable bonds is 4. The zero-order valence-electron chi connectivity index (χ0n) is 18.6. The molecule has 0 saturated heterocycles. The second-order valence-corrected chi connectivity index (χ2v) is 9.99. The predicted octanol–water partition coefficient (Wildman–Crippen LogP) is 7.39. The molecule has 0 spiro atoms. The summed E-state index contributed by atoms with van der Waals surface area (Å²) in [5, 5.41) is 12.0. The van der Waals surface area contributed by atoms with Crippen LogP contribution in [-0.4, -0.2) is 22.2 Å². The summed E-state index contributed by atoms with van der Waals surface area (Å²) in [4.78, 5) is 18.4. The Morgan fingerprint density at radius 2 is 1.91 bits per heavy atom. The Morgan fingerprint density at radius 1 is 1.12 bits per heavy atom. The minimum atomic E-state index is -0.954. The van der Waals surface area contributed by atoms with E-state index < -0.39 is 5.97 Å². The highest BCUT2D eigenvalue weighted by atomic mass is 32.1. The standard InChI is InChI=1S/C27H27NO3S/c1-15-8-4-6-10-21(15)31-22-13-12-16(2)25-24(22)19(27(29)30)14-20(28-25)26-17(3)18-9-5-7-11-23(18)32-26/h5,7,9,11-15,21H,4,6,8,10H2,1-3H3,(H,29,30)/t15-,21+/m0/s1. The number of hydrogen-bond donors (Lipinski definition) is 1. The van der Waals surface area contributed by atoms with Gasteiger partial charge in [-0.2, -0.15) is 0 Å². The maximum atomic E-state index is 12.4. The lowest BCUT2D eigenvalue weighted by molar-refractivity contribution is 0.0697. The lowest BCUT2D eigenvalue weighted by Crippen LogP contribution is -2.28. The molecular weight excluding hydrogens is 418 g/mol. The molecule has 1 aliphatic rings. The number of pyridine rings is 1. The van der Waals surface area contributed by atoms with Gasteiger partial charge in [0.1, 0.15) is 11.9 Å². The largest absolute Gasteiger partial charge is 0.489 e. The summed E-state index contributed by atoms with van der Waals surface area (Å²) in [6.45, 7) is 6.28. The average Bonchev–Trinajstić information content (AvgIpc) is 3.13. The highest BCUT2D eigenvalue weighted by Gasteiger charge is 2.26. The lowest BCUT2D eigenvalue weighted by Gasteiger charge is -2.30. The molecule has 2 atom stereocenters. The van der Waals surface area contributed by atoms with Gasteiger partial charge in [0.15, 0.2) is 0 Å². The molecule has 5 heteroatoms. The second-order valence-electron chi connectivity index (χ2n) is 8.93. The summed E-state index contributed by atoms with van der Waals surface area (Å²) in [7, 11) is 0. The number of ether oxygens (including phenoxy) is 1. The monoisotopic (exact) mass is 445 g/mol. The van der Waals surface area contributed by atoms with Crippen LogP contribution in [0.3, 0.4) is 0 Å². The first-order chi connectivity index (χ1) is 15.4. The molecule has 1 N–H and O–H groups in total. The van der Waals surface area contributed by atoms with E-state index in [2.05, 4.69) is 26.0 Å². The first kappa shape index (κ1) is 21.0. The minimum Gasteiger partial charge on any atom is -0.489 e. The third kappa shape index (κ3) is 3.55. The summed E-state index contributed by atoms with van der Waals surface area (Å²) < 4.78 is 7.62. The van der Waals surface area contributed by atoms with Gasteiger partial charge < -0.3 is 9.84 Å². The molecule has 1 aliphatic carbocycles. The van der Waals surface area contributed by atoms with E-state index in [1.54, 1.807) is 17.4 Å². The molecule has 2 aromatic carbocycles. The van der Waals surface area contributed by atoms with Crippen LogP contribution in [0.15, 0.2) is 42.5 Å². The van der Waals surface area contributed by atoms with Crippen LogP contribution < -0.4 is 4.74 Å². The number of carboxylic acid groups (broad SMARTS) is 1. The summed E-state index contributed by atoms with van der Waals surface area (Å²) in [6, 6.07) is 13.9. The number of thiophene rings is 1. The van der Waals surface area contributed by atoms with Crippen molar-refractivity contribution in [3.05, 3.63) is 59.2 Å². The summed E-state index contributed by atoms with van der Waals surface area (Å²) in [6.07, 6.45) is 4.65. The predicted molar refractivity (Wildman–Crippen MR) is 131 cm³/mol. The molecule has 0 radical (unpaired) electrons. The van der Waals surface area contributed by atoms with E-state index in [-0.39, 0.29) is 11.7 Å². The Labute approximate surface area is 191 Å². The van der Waals surface area contributed by atoms with Crippen LogP contribution in [-0.2, 0) is 0 Å². The van der Waals surface area contributed by atoms with Crippen molar-refractivity contribution in [1.82, 2.24) is 4.98 Å². The van der Waals surface area contributed by atoms with E-state index in [9.17, 15) is 9.90 Å². The van der Waals surface area contributed by atoms with E-state index >= 15 is 0 Å². The van der Waals surface area contributed by atoms with Crippen molar-refractivity contribution in [2.75, 3.05) is 0 Å². The molecule has 2 aromatic heterocycles. The molecule has 2 heterocycles. The van der Waals surface area contributed by atoms with Gasteiger partial charge in [0.05, 0.1) is 27.0 Å². The number of hydrogen-bond acceptors (Lipinski definition) is 4. The van der Waals surface area contributed by atoms with Gasteiger partial charge in [-0.05, 0) is 73.7 Å². The third-order valence-corrected chi connectivity index (χ3v) is 8.04. The minimum absolute atomic E-state index is 0.112. The van der Waals surface area contributed by atoms with Gasteiger partial charge in [0.2, 0.25) is 0 Å². The summed E-state index contributed by atoms with van der Waals surface area (Å²) in [5.74, 6) is 0.139. The maximum Gasteiger partial charge on any atom is 0.336 e. The van der Waals surface area contributed by atoms with Crippen molar-refractivity contribution in [3.63, 3.8) is 0 Å². The number of fused-ring (bicyclic) bond motifs is 2. The van der Waals surface area contributed by atoms with E-state index in [1.807, 2.05) is 31.2 Å². The number of aromatic nitrogens is 1. The second kappa shape index (κ2) is 8.21. The fourth-order valence-corrected chi connectivity index (χ4v) is 6.03. The fraction of sp³-hybridized carbons (Fsp3) is 0.333. The fourth-order valence-electron chi connectivity index (χ4n) is 4.87. The highest BCUT2D eigenvalue weighted by molar-refractivity contribution is 7.22. The van der Waals surface area contributed by atoms with Crippen molar-refractivity contribution in [2.24, 2.45) is 5.92 Å². The number of nitrogens with zero attached hydrogens (tertiary/aromatic N) is 1. The Balaban J connectivity index is 1.70. The molecule has 0 amide bonds. The molecule has 4 nitrogen and oxygen atoms in total. The van der Waals surface area contributed by atoms with E-state index in [1.165, 1.54) is 16.5 Å². The van der Waals surface area contributed by atoms with Crippen molar-refractivity contribution < 1.29 is 14.6 Å². The zero-order valence-corrected chi connectivity index (χ0v) is 19.5. The average molecular weight is 446 g/mol. The smallest absolute Gasteiger partial charge is 0.336 e. The maximum absolute atomic E-state index is 12.4. The molecule has 1 saturated carbocycles. The molecule has 5 rings (SSSR count). The topological polar surface area (TPSA) is 59.4 Å². The summed E-state index contributed by atoms with van der Waals surface area (Å²) in [5.41, 5.74) is 3.75. The molecule has 0 unspecified atom stereocenters. The van der Waals surface area contributed by atoms with Crippen LogP contribution >= 0.6 is 11.3 Å². The first-order valence-electron chi connectivity index (χ1n) is 11.3. The van der Waals surface area contributed by atoms with E-state index in [0.717, 1.165) is 35.3 Å². The van der Waals surface area contributed by atoms with Crippen LogP contribution in [0.25, 0.3) is 31.6 Å². The highest BCUT2D eigenvalue weighted by Crippen LogP contribution is 2.41. The van der Waals surface area contributed by atoms with Gasteiger partial charge in [0, 0.05) is 4.70 Å². The van der Waals surface area contributed by atoms with Gasteiger partial charge in [-0.3, -0.25) is 0 Å². The molecule has 4 aromatic rings. The number of aromatic carboxylic acids is 1. The van der Waals surface area contributed by atoms with Crippen LogP contribution in [0.1, 0.15) is 54.1 Å². The Hall–Kier alpha value is -2.92. The van der Waals surface area contributed by atoms with Crippen LogP contribution in [0.4, 0.5) is 0 Å². The van der Waals surface area contributed by atoms with Crippen molar-refractivity contribution in [1.29, 1.82) is 0 Å². The van der Waals surface area contributed by atoms with Crippen molar-refractivity contribution in [3.8, 4) is 16.3 Å². The van der Waals surface area contributed by atoms with Gasteiger partial charge in [-0.1, -0.05) is 37.6 Å². The van der Waals surface area contributed by atoms with E-state index in [0.29, 0.717) is 28.3 Å². The van der Waals surface area contributed by atoms with Gasteiger partial charge in [0.25, 0.3) is 0 Å². The Morgan fingerprint density at radius 3 is 2.66 bits per heavy atom. The van der Waals surface area contributed by atoms with Gasteiger partial charge in [-0.25, -0.2) is 9.78 Å². The third-order valence-electron chi connectivity index (χ3n) is 6.74. The Bertz CT molecular complexity index is 1340. The summed E-state index contributed by atoms with van der Waals surface area (Å²) >= 11 is 1.66. The molecule has 164 valence electrons. The van der Waals surface area contributed by atoms with Crippen LogP contribution in [0.5, 0.6) is 5.75 Å². The molecule has 1 fully saturated rings. The van der Waals surface area contributed by atoms with E-state index in [4.69, 9.17) is 9.72 Å². The van der Waals surface area contributed by atoms with Crippen LogP contribution in [0.2, 0.25) is 0 Å². The van der Waals surface area contributed by atoms with Gasteiger partial charge in [-0.15, -0.1) is 11.3 Å². The number of benzene rings is 2. The van der Waals surface area contributed by atoms with Crippen LogP contribution in [0, 0.1) is 19.8 Å². The Kier molecular flexibility index (Phi) is 5.38. The molecule has 0 aliphatic heterocycles. The normalized spacial score (nSPS) is 18.8. The molecule has 32 heavy (non-hydrogen) atoms. The van der Waals surface area contributed by atoms with Gasteiger partial charge >= 0.3 is 5.97 Å². The van der Waals surface area contributed by atoms with Crippen molar-refractivity contribution >= 4 is 38.3 Å².